The van der Waals surface area contributed by atoms with Crippen molar-refractivity contribution in [1.29, 1.82) is 0 Å². The zero-order valence-electron chi connectivity index (χ0n) is 10.2. The molecular formula is C13H14ClN3OS. The van der Waals surface area contributed by atoms with Gasteiger partial charge in [0.2, 0.25) is 5.13 Å². The summed E-state index contributed by atoms with van der Waals surface area (Å²) in [7, 11) is 0. The second-order valence-electron chi connectivity index (χ2n) is 4.66. The van der Waals surface area contributed by atoms with Gasteiger partial charge in [-0.2, -0.15) is 4.37 Å². The van der Waals surface area contributed by atoms with Gasteiger partial charge in [0.1, 0.15) is 5.82 Å². The van der Waals surface area contributed by atoms with Crippen LogP contribution in [-0.2, 0) is 0 Å². The van der Waals surface area contributed by atoms with E-state index in [4.69, 9.17) is 11.6 Å². The average molecular weight is 296 g/mol. The first-order chi connectivity index (χ1) is 9.26. The van der Waals surface area contributed by atoms with Crippen molar-refractivity contribution in [3.63, 3.8) is 0 Å². The van der Waals surface area contributed by atoms with Gasteiger partial charge in [0.15, 0.2) is 0 Å². The van der Waals surface area contributed by atoms with E-state index < -0.39 is 0 Å². The molecule has 1 aromatic carbocycles. The molecule has 1 aromatic heterocycles. The molecule has 1 fully saturated rings. The molecule has 0 radical (unpaired) electrons. The zero-order chi connectivity index (χ0) is 13.2. The van der Waals surface area contributed by atoms with Crippen LogP contribution >= 0.6 is 23.1 Å². The number of aliphatic hydroxyl groups is 1. The fourth-order valence-corrected chi connectivity index (χ4v) is 2.70. The quantitative estimate of drug-likeness (QED) is 0.889. The monoisotopic (exact) mass is 295 g/mol. The Kier molecular flexibility index (Phi) is 3.68. The summed E-state index contributed by atoms with van der Waals surface area (Å²) in [6.07, 6.45) is 2.38. The molecule has 3 rings (SSSR count). The van der Waals surface area contributed by atoms with E-state index in [1.165, 1.54) is 24.4 Å². The summed E-state index contributed by atoms with van der Waals surface area (Å²) in [6.45, 7) is -0.0000255. The molecule has 100 valence electrons. The van der Waals surface area contributed by atoms with Gasteiger partial charge in [0, 0.05) is 22.5 Å². The van der Waals surface area contributed by atoms with Crippen molar-refractivity contribution in [3.05, 3.63) is 40.7 Å². The molecule has 1 saturated carbocycles. The molecule has 6 heteroatoms. The van der Waals surface area contributed by atoms with E-state index in [2.05, 4.69) is 14.7 Å². The molecule has 0 spiro atoms. The van der Waals surface area contributed by atoms with Gasteiger partial charge in [-0.15, -0.1) is 0 Å². The minimum atomic E-state index is -0.183. The molecule has 0 amide bonds. The third-order valence-corrected chi connectivity index (χ3v) is 4.05. The average Bonchev–Trinajstić information content (AvgIpc) is 3.17. The van der Waals surface area contributed by atoms with Crippen LogP contribution in [0.5, 0.6) is 0 Å². The smallest absolute Gasteiger partial charge is 0.203 e. The van der Waals surface area contributed by atoms with E-state index in [0.29, 0.717) is 10.9 Å². The molecule has 4 nitrogen and oxygen atoms in total. The summed E-state index contributed by atoms with van der Waals surface area (Å²) in [4.78, 5) is 4.46. The van der Waals surface area contributed by atoms with E-state index in [1.807, 2.05) is 24.3 Å². The summed E-state index contributed by atoms with van der Waals surface area (Å²) < 4.78 is 4.34. The maximum absolute atomic E-state index is 9.50. The number of halogens is 1. The summed E-state index contributed by atoms with van der Waals surface area (Å²) in [5.74, 6) is 1.48. The largest absolute Gasteiger partial charge is 0.394 e. The van der Waals surface area contributed by atoms with E-state index in [9.17, 15) is 5.11 Å². The summed E-state index contributed by atoms with van der Waals surface area (Å²) in [5.41, 5.74) is 0.982. The van der Waals surface area contributed by atoms with Crippen molar-refractivity contribution < 1.29 is 5.11 Å². The third kappa shape index (κ3) is 3.05. The highest BCUT2D eigenvalue weighted by Crippen LogP contribution is 2.39. The Bertz CT molecular complexity index is 553. The third-order valence-electron chi connectivity index (χ3n) is 3.14. The van der Waals surface area contributed by atoms with Crippen LogP contribution in [0.4, 0.5) is 5.13 Å². The van der Waals surface area contributed by atoms with Crippen LogP contribution in [0.1, 0.15) is 36.2 Å². The Hall–Kier alpha value is -1.17. The Balaban J connectivity index is 1.72. The number of anilines is 1. The highest BCUT2D eigenvalue weighted by Gasteiger charge is 2.28. The lowest BCUT2D eigenvalue weighted by atomic mass is 10.1. The summed E-state index contributed by atoms with van der Waals surface area (Å²) >= 11 is 7.21. The predicted octanol–water partition coefficient (Wildman–Crippen LogP) is 3.21. The van der Waals surface area contributed by atoms with Gasteiger partial charge in [0.25, 0.3) is 0 Å². The van der Waals surface area contributed by atoms with E-state index in [1.54, 1.807) is 0 Å². The highest BCUT2D eigenvalue weighted by molar-refractivity contribution is 7.09. The van der Waals surface area contributed by atoms with Gasteiger partial charge in [-0.05, 0) is 30.5 Å². The molecule has 0 aliphatic heterocycles. The first-order valence-electron chi connectivity index (χ1n) is 6.22. The molecule has 1 heterocycles. The molecule has 0 bridgehead atoms. The van der Waals surface area contributed by atoms with Gasteiger partial charge < -0.3 is 10.4 Å². The fraction of sp³-hybridized carbons (Fsp3) is 0.385. The number of nitrogens with one attached hydrogen (secondary N) is 1. The Morgan fingerprint density at radius 1 is 1.37 bits per heavy atom. The molecule has 1 aliphatic rings. The minimum Gasteiger partial charge on any atom is -0.394 e. The normalized spacial score (nSPS) is 16.3. The van der Waals surface area contributed by atoms with Crippen molar-refractivity contribution in [2.45, 2.75) is 24.8 Å². The number of aliphatic hydroxyl groups excluding tert-OH is 1. The molecule has 1 atom stereocenters. The van der Waals surface area contributed by atoms with Gasteiger partial charge in [-0.1, -0.05) is 23.7 Å². The van der Waals surface area contributed by atoms with Crippen molar-refractivity contribution >= 4 is 28.3 Å². The first kappa shape index (κ1) is 12.8. The molecule has 2 aromatic rings. The van der Waals surface area contributed by atoms with Crippen LogP contribution in [-0.4, -0.2) is 21.1 Å². The SMILES string of the molecule is OCC(Nc1nc(C2CC2)ns1)c1ccc(Cl)cc1. The van der Waals surface area contributed by atoms with E-state index >= 15 is 0 Å². The van der Waals surface area contributed by atoms with Gasteiger partial charge in [-0.25, -0.2) is 4.98 Å². The lowest BCUT2D eigenvalue weighted by molar-refractivity contribution is 0.276. The van der Waals surface area contributed by atoms with Crippen LogP contribution in [0.15, 0.2) is 24.3 Å². The van der Waals surface area contributed by atoms with E-state index in [0.717, 1.165) is 16.5 Å². The molecule has 19 heavy (non-hydrogen) atoms. The first-order valence-corrected chi connectivity index (χ1v) is 7.38. The number of aromatic nitrogens is 2. The standard InChI is InChI=1S/C13H14ClN3OS/c14-10-5-3-8(4-6-10)11(7-18)15-13-16-12(17-19-13)9-1-2-9/h3-6,9,11,18H,1-2,7H2,(H,15,16,17). The van der Waals surface area contributed by atoms with Crippen molar-refractivity contribution in [1.82, 2.24) is 9.36 Å². The lowest BCUT2D eigenvalue weighted by Crippen LogP contribution is -2.14. The van der Waals surface area contributed by atoms with E-state index in [-0.39, 0.29) is 12.6 Å². The maximum Gasteiger partial charge on any atom is 0.203 e. The number of nitrogens with zero attached hydrogens (tertiary/aromatic N) is 2. The van der Waals surface area contributed by atoms with Crippen LogP contribution in [0.25, 0.3) is 0 Å². The number of hydrogen-bond acceptors (Lipinski definition) is 5. The molecule has 1 aliphatic carbocycles. The van der Waals surface area contributed by atoms with Crippen molar-refractivity contribution in [2.75, 3.05) is 11.9 Å². The molecular weight excluding hydrogens is 282 g/mol. The lowest BCUT2D eigenvalue weighted by Gasteiger charge is -2.15. The Morgan fingerprint density at radius 2 is 2.11 bits per heavy atom. The number of rotatable bonds is 5. The zero-order valence-corrected chi connectivity index (χ0v) is 11.8. The van der Waals surface area contributed by atoms with Crippen molar-refractivity contribution in [2.24, 2.45) is 0 Å². The van der Waals surface area contributed by atoms with Gasteiger partial charge >= 0.3 is 0 Å². The van der Waals surface area contributed by atoms with Crippen molar-refractivity contribution in [3.8, 4) is 0 Å². The topological polar surface area (TPSA) is 58.0 Å². The minimum absolute atomic E-state index is 0.0000255. The van der Waals surface area contributed by atoms with Crippen LogP contribution in [0.3, 0.4) is 0 Å². The van der Waals surface area contributed by atoms with Crippen LogP contribution in [0, 0.1) is 0 Å². The van der Waals surface area contributed by atoms with Gasteiger partial charge in [0.05, 0.1) is 12.6 Å². The van der Waals surface area contributed by atoms with Crippen LogP contribution < -0.4 is 5.32 Å². The summed E-state index contributed by atoms with van der Waals surface area (Å²) in [6, 6.07) is 7.25. The highest BCUT2D eigenvalue weighted by atomic mass is 35.5. The number of hydrogen-bond donors (Lipinski definition) is 2. The Labute approximate surface area is 120 Å². The molecule has 1 unspecified atom stereocenters. The van der Waals surface area contributed by atoms with Crippen LogP contribution in [0.2, 0.25) is 5.02 Å². The molecule has 2 N–H and O–H groups in total. The second-order valence-corrected chi connectivity index (χ2v) is 5.85. The Morgan fingerprint density at radius 3 is 2.74 bits per heavy atom. The fourth-order valence-electron chi connectivity index (χ4n) is 1.88. The summed E-state index contributed by atoms with van der Waals surface area (Å²) in [5, 5.41) is 14.2. The predicted molar refractivity (Wildman–Crippen MR) is 76.8 cm³/mol. The number of benzene rings is 1. The molecule has 0 saturated heterocycles. The van der Waals surface area contributed by atoms with Gasteiger partial charge in [-0.3, -0.25) is 0 Å². The second kappa shape index (κ2) is 5.45. The maximum atomic E-state index is 9.50.